The van der Waals surface area contributed by atoms with E-state index in [2.05, 4.69) is 24.1 Å². The number of urea groups is 1. The Kier molecular flexibility index (Phi) is 5.36. The molecule has 0 atom stereocenters. The van der Waals surface area contributed by atoms with Crippen molar-refractivity contribution in [1.82, 2.24) is 9.88 Å². The van der Waals surface area contributed by atoms with Crippen LogP contribution in [0.15, 0.2) is 18.2 Å². The molecule has 0 bridgehead atoms. The number of aromatic nitrogens is 1. The fourth-order valence-corrected chi connectivity index (χ4v) is 3.70. The Hall–Kier alpha value is -1.66. The van der Waals surface area contributed by atoms with Gasteiger partial charge in [0.05, 0.1) is 15.2 Å². The van der Waals surface area contributed by atoms with Gasteiger partial charge in [-0.05, 0) is 43.9 Å². The number of rotatable bonds is 7. The van der Waals surface area contributed by atoms with Gasteiger partial charge in [-0.15, -0.1) is 11.3 Å². The molecule has 3 rings (SSSR count). The monoisotopic (exact) mass is 347 g/mol. The molecule has 1 fully saturated rings. The van der Waals surface area contributed by atoms with Gasteiger partial charge < -0.3 is 15.3 Å². The highest BCUT2D eigenvalue weighted by molar-refractivity contribution is 7.18. The fraction of sp³-hybridized carbons (Fsp3) is 0.556. The van der Waals surface area contributed by atoms with Gasteiger partial charge >= 0.3 is 6.03 Å². The van der Waals surface area contributed by atoms with E-state index in [1.54, 1.807) is 11.3 Å². The van der Waals surface area contributed by atoms with Gasteiger partial charge in [0.2, 0.25) is 0 Å². The van der Waals surface area contributed by atoms with Gasteiger partial charge in [0, 0.05) is 30.8 Å². The summed E-state index contributed by atoms with van der Waals surface area (Å²) >= 11 is 1.69. The first-order chi connectivity index (χ1) is 11.6. The topological polar surface area (TPSA) is 65.5 Å². The number of benzene rings is 1. The molecule has 2 aromatic rings. The summed E-state index contributed by atoms with van der Waals surface area (Å²) in [6, 6.07) is 6.23. The quantitative estimate of drug-likeness (QED) is 0.738. The summed E-state index contributed by atoms with van der Waals surface area (Å²) in [6.07, 6.45) is 3.74. The lowest BCUT2D eigenvalue weighted by Gasteiger charge is -2.22. The van der Waals surface area contributed by atoms with Crippen molar-refractivity contribution in [2.75, 3.05) is 18.5 Å². The SMILES string of the molecule is CC(C)c1nc2ccc(NC(=O)N(CCCCO)C3CC3)cc2s1. The molecule has 130 valence electrons. The second-order valence-electron chi connectivity index (χ2n) is 6.67. The molecule has 2 N–H and O–H groups in total. The van der Waals surface area contributed by atoms with Crippen LogP contribution in [0.1, 0.15) is 50.5 Å². The molecular weight excluding hydrogens is 322 g/mol. The van der Waals surface area contributed by atoms with E-state index in [1.807, 2.05) is 23.1 Å². The molecule has 5 nitrogen and oxygen atoms in total. The lowest BCUT2D eigenvalue weighted by atomic mass is 10.2. The minimum atomic E-state index is -0.0385. The summed E-state index contributed by atoms with van der Waals surface area (Å²) < 4.78 is 1.11. The number of amides is 2. The number of aliphatic hydroxyl groups is 1. The number of unbranched alkanes of at least 4 members (excludes halogenated alkanes) is 1. The Morgan fingerprint density at radius 3 is 2.88 bits per heavy atom. The maximum absolute atomic E-state index is 12.6. The minimum absolute atomic E-state index is 0.0385. The lowest BCUT2D eigenvalue weighted by Crippen LogP contribution is -2.37. The van der Waals surface area contributed by atoms with Crippen LogP contribution in [0.4, 0.5) is 10.5 Å². The van der Waals surface area contributed by atoms with Gasteiger partial charge in [-0.1, -0.05) is 13.8 Å². The van der Waals surface area contributed by atoms with Crippen molar-refractivity contribution in [2.24, 2.45) is 0 Å². The number of nitrogens with zero attached hydrogens (tertiary/aromatic N) is 2. The second kappa shape index (κ2) is 7.49. The molecule has 1 aliphatic rings. The zero-order valence-corrected chi connectivity index (χ0v) is 15.1. The van der Waals surface area contributed by atoms with Crippen LogP contribution in [-0.2, 0) is 0 Å². The third kappa shape index (κ3) is 4.05. The molecule has 1 aromatic heterocycles. The average Bonchev–Trinajstić information content (AvgIpc) is 3.29. The summed E-state index contributed by atoms with van der Waals surface area (Å²) in [5, 5.41) is 13.1. The number of anilines is 1. The molecule has 0 radical (unpaired) electrons. The van der Waals surface area contributed by atoms with Crippen molar-refractivity contribution in [1.29, 1.82) is 0 Å². The van der Waals surface area contributed by atoms with E-state index in [1.165, 1.54) is 0 Å². The van der Waals surface area contributed by atoms with Crippen LogP contribution < -0.4 is 5.32 Å². The summed E-state index contributed by atoms with van der Waals surface area (Å²) in [6.45, 7) is 5.16. The normalized spacial score (nSPS) is 14.3. The number of carbonyl (C=O) groups is 1. The number of fused-ring (bicyclic) bond motifs is 1. The van der Waals surface area contributed by atoms with Crippen LogP contribution >= 0.6 is 11.3 Å². The van der Waals surface area contributed by atoms with Crippen molar-refractivity contribution < 1.29 is 9.90 Å². The van der Waals surface area contributed by atoms with Crippen LogP contribution in [-0.4, -0.2) is 40.2 Å². The van der Waals surface area contributed by atoms with E-state index < -0.39 is 0 Å². The number of hydrogen-bond donors (Lipinski definition) is 2. The number of aliphatic hydroxyl groups excluding tert-OH is 1. The Balaban J connectivity index is 1.69. The van der Waals surface area contributed by atoms with Crippen LogP contribution in [0.3, 0.4) is 0 Å². The first-order valence-electron chi connectivity index (χ1n) is 8.67. The first kappa shape index (κ1) is 17.2. The molecule has 1 aliphatic carbocycles. The third-order valence-electron chi connectivity index (χ3n) is 4.21. The van der Waals surface area contributed by atoms with Crippen LogP contribution in [0.25, 0.3) is 10.2 Å². The highest BCUT2D eigenvalue weighted by Crippen LogP contribution is 2.30. The molecule has 0 aliphatic heterocycles. The van der Waals surface area contributed by atoms with Gasteiger partial charge in [0.1, 0.15) is 0 Å². The maximum Gasteiger partial charge on any atom is 0.322 e. The molecule has 0 saturated heterocycles. The van der Waals surface area contributed by atoms with E-state index >= 15 is 0 Å². The van der Waals surface area contributed by atoms with E-state index in [0.29, 0.717) is 18.5 Å². The summed E-state index contributed by atoms with van der Waals surface area (Å²) in [5.41, 5.74) is 1.81. The molecule has 1 saturated carbocycles. The average molecular weight is 347 g/mol. The van der Waals surface area contributed by atoms with E-state index in [-0.39, 0.29) is 12.6 Å². The molecule has 1 aromatic carbocycles. The number of hydrogen-bond acceptors (Lipinski definition) is 4. The Bertz CT molecular complexity index is 709. The molecule has 0 unspecified atom stereocenters. The van der Waals surface area contributed by atoms with Crippen molar-refractivity contribution in [3.05, 3.63) is 23.2 Å². The van der Waals surface area contributed by atoms with Gasteiger partial charge in [-0.2, -0.15) is 0 Å². The Morgan fingerprint density at radius 2 is 2.21 bits per heavy atom. The third-order valence-corrected chi connectivity index (χ3v) is 5.52. The van der Waals surface area contributed by atoms with Gasteiger partial charge in [0.25, 0.3) is 0 Å². The second-order valence-corrected chi connectivity index (χ2v) is 7.74. The molecule has 1 heterocycles. The minimum Gasteiger partial charge on any atom is -0.396 e. The van der Waals surface area contributed by atoms with Gasteiger partial charge in [-0.25, -0.2) is 9.78 Å². The first-order valence-corrected chi connectivity index (χ1v) is 9.49. The van der Waals surface area contributed by atoms with Crippen molar-refractivity contribution in [2.45, 2.75) is 51.5 Å². The van der Waals surface area contributed by atoms with Gasteiger partial charge in [-0.3, -0.25) is 0 Å². The zero-order valence-electron chi connectivity index (χ0n) is 14.3. The van der Waals surface area contributed by atoms with Crippen LogP contribution in [0.2, 0.25) is 0 Å². The van der Waals surface area contributed by atoms with Crippen molar-refractivity contribution in [3.63, 3.8) is 0 Å². The van der Waals surface area contributed by atoms with E-state index in [0.717, 1.165) is 46.6 Å². The van der Waals surface area contributed by atoms with Gasteiger partial charge in [0.15, 0.2) is 0 Å². The Labute approximate surface area is 146 Å². The van der Waals surface area contributed by atoms with E-state index in [9.17, 15) is 4.79 Å². The smallest absolute Gasteiger partial charge is 0.322 e. The zero-order chi connectivity index (χ0) is 17.1. The predicted octanol–water partition coefficient (Wildman–Crippen LogP) is 4.19. The highest BCUT2D eigenvalue weighted by atomic mass is 32.1. The maximum atomic E-state index is 12.6. The number of carbonyl (C=O) groups excluding carboxylic acids is 1. The summed E-state index contributed by atoms with van der Waals surface area (Å²) in [7, 11) is 0. The summed E-state index contributed by atoms with van der Waals surface area (Å²) in [4.78, 5) is 19.1. The predicted molar refractivity (Wildman–Crippen MR) is 98.8 cm³/mol. The largest absolute Gasteiger partial charge is 0.396 e. The van der Waals surface area contributed by atoms with Crippen LogP contribution in [0.5, 0.6) is 0 Å². The van der Waals surface area contributed by atoms with Crippen LogP contribution in [0, 0.1) is 0 Å². The molecule has 24 heavy (non-hydrogen) atoms. The fourth-order valence-electron chi connectivity index (χ4n) is 2.69. The lowest BCUT2D eigenvalue weighted by molar-refractivity contribution is 0.204. The molecule has 2 amide bonds. The molecular formula is C18H25N3O2S. The highest BCUT2D eigenvalue weighted by Gasteiger charge is 2.32. The van der Waals surface area contributed by atoms with E-state index in [4.69, 9.17) is 5.11 Å². The Morgan fingerprint density at radius 1 is 1.42 bits per heavy atom. The molecule has 6 heteroatoms. The number of thiazole rings is 1. The van der Waals surface area contributed by atoms with Crippen molar-refractivity contribution in [3.8, 4) is 0 Å². The standard InChI is InChI=1S/C18H25N3O2S/c1-12(2)17-20-15-8-5-13(11-16(15)24-17)19-18(23)21(14-6-7-14)9-3-4-10-22/h5,8,11-12,14,22H,3-4,6-7,9-10H2,1-2H3,(H,19,23). The van der Waals surface area contributed by atoms with Crippen molar-refractivity contribution >= 4 is 33.3 Å². The molecule has 0 spiro atoms. The summed E-state index contributed by atoms with van der Waals surface area (Å²) in [5.74, 6) is 0.414. The number of nitrogens with one attached hydrogen (secondary N) is 1.